The molecule has 2 atom stereocenters. The molecular weight excluding hydrogens is 386 g/mol. The van der Waals surface area contributed by atoms with Crippen molar-refractivity contribution >= 4 is 14.8 Å². The van der Waals surface area contributed by atoms with Crippen LogP contribution < -0.4 is 0 Å². The molecule has 3 fully saturated rings. The van der Waals surface area contributed by atoms with Gasteiger partial charge in [-0.25, -0.2) is 4.79 Å². The Hall–Kier alpha value is -0.733. The second kappa shape index (κ2) is 10.5. The molecule has 29 heavy (non-hydrogen) atoms. The number of fused-ring (bicyclic) bond motifs is 6. The van der Waals surface area contributed by atoms with Crippen LogP contribution in [0, 0.1) is 17.8 Å². The Kier molecular flexibility index (Phi) is 8.91. The summed E-state index contributed by atoms with van der Waals surface area (Å²) in [4.78, 5) is 11.8. The van der Waals surface area contributed by atoms with Crippen molar-refractivity contribution in [1.29, 1.82) is 0 Å². The molecule has 0 aromatic rings. The first-order valence-corrected chi connectivity index (χ1v) is 13.1. The molecule has 3 saturated heterocycles. The third-order valence-electron chi connectivity index (χ3n) is 5.54. The fourth-order valence-electron chi connectivity index (χ4n) is 4.83. The van der Waals surface area contributed by atoms with Crippen molar-refractivity contribution < 1.29 is 27.3 Å². The van der Waals surface area contributed by atoms with Crippen LogP contribution in [-0.2, 0) is 22.8 Å². The van der Waals surface area contributed by atoms with Crippen LogP contribution in [0.25, 0.3) is 0 Å². The fourth-order valence-corrected chi connectivity index (χ4v) is 7.32. The van der Waals surface area contributed by atoms with Crippen molar-refractivity contribution in [2.45, 2.75) is 66.6 Å². The van der Waals surface area contributed by atoms with Crippen molar-refractivity contribution in [3.8, 4) is 0 Å². The van der Waals surface area contributed by atoms with Gasteiger partial charge in [-0.1, -0.05) is 48.1 Å². The highest BCUT2D eigenvalue weighted by atomic mass is 28.4. The fraction of sp³-hybridized carbons (Fsp3) is 0.864. The number of rotatable bonds is 9. The summed E-state index contributed by atoms with van der Waals surface area (Å²) in [5, 5.41) is 0. The van der Waals surface area contributed by atoms with Gasteiger partial charge in [-0.05, 0) is 24.7 Å². The van der Waals surface area contributed by atoms with Gasteiger partial charge >= 0.3 is 14.8 Å². The van der Waals surface area contributed by atoms with E-state index in [4.69, 9.17) is 18.0 Å². The van der Waals surface area contributed by atoms with Crippen molar-refractivity contribution in [1.82, 2.24) is 0 Å². The molecule has 3 aliphatic heterocycles. The molecule has 3 rings (SSSR count). The summed E-state index contributed by atoms with van der Waals surface area (Å²) in [6.45, 7) is 21.5. The van der Waals surface area contributed by atoms with Crippen LogP contribution in [0.5, 0.6) is 0 Å². The van der Waals surface area contributed by atoms with Gasteiger partial charge in [0, 0.05) is 12.0 Å². The number of carbonyl (C=O) groups is 1. The summed E-state index contributed by atoms with van der Waals surface area (Å²) >= 11 is 0. The van der Waals surface area contributed by atoms with Crippen LogP contribution in [0.4, 0.5) is 0 Å². The minimum atomic E-state index is -3.14. The Labute approximate surface area is 178 Å². The van der Waals surface area contributed by atoms with E-state index in [-0.39, 0.29) is 18.4 Å². The topological polar surface area (TPSA) is 54.0 Å². The average Bonchev–Trinajstić information content (AvgIpc) is 2.54. The first-order valence-electron chi connectivity index (χ1n) is 11.2. The highest BCUT2D eigenvalue weighted by Crippen LogP contribution is 2.32. The van der Waals surface area contributed by atoms with Gasteiger partial charge in [-0.15, -0.1) is 0 Å². The normalized spacial score (nSPS) is 32.9. The maximum atomic E-state index is 11.8. The molecule has 0 aromatic carbocycles. The first-order chi connectivity index (χ1) is 13.6. The summed E-state index contributed by atoms with van der Waals surface area (Å²) in [5.74, 6) is 1.14. The van der Waals surface area contributed by atoms with Gasteiger partial charge < -0.3 is 22.5 Å². The molecule has 168 valence electrons. The summed E-state index contributed by atoms with van der Waals surface area (Å²) in [7, 11) is -3.14. The van der Waals surface area contributed by atoms with Gasteiger partial charge in [0.1, 0.15) is 19.6 Å². The average molecular weight is 429 g/mol. The van der Waals surface area contributed by atoms with E-state index in [0.29, 0.717) is 24.4 Å². The molecule has 0 radical (unpaired) electrons. The molecule has 6 nitrogen and oxygen atoms in total. The largest absolute Gasteiger partial charge is 0.541 e. The highest BCUT2D eigenvalue weighted by molar-refractivity contribution is 6.61. The van der Waals surface area contributed by atoms with E-state index < -0.39 is 14.8 Å². The van der Waals surface area contributed by atoms with E-state index in [9.17, 15) is 4.79 Å². The zero-order valence-corrected chi connectivity index (χ0v) is 20.3. The second-order valence-corrected chi connectivity index (χ2v) is 12.5. The van der Waals surface area contributed by atoms with E-state index in [2.05, 4.69) is 48.1 Å². The van der Waals surface area contributed by atoms with E-state index in [1.54, 1.807) is 0 Å². The zero-order chi connectivity index (χ0) is 21.7. The van der Waals surface area contributed by atoms with Crippen LogP contribution in [0.3, 0.4) is 0 Å². The molecule has 3 heterocycles. The monoisotopic (exact) mass is 428 g/mol. The van der Waals surface area contributed by atoms with Gasteiger partial charge in [0.2, 0.25) is 0 Å². The van der Waals surface area contributed by atoms with Crippen LogP contribution in [-0.4, -0.2) is 70.5 Å². The second-order valence-electron chi connectivity index (χ2n) is 10.1. The number of ether oxygens (including phenoxy) is 1. The molecule has 2 unspecified atom stereocenters. The summed E-state index contributed by atoms with van der Waals surface area (Å²) in [5.41, 5.74) is 0. The molecule has 0 spiro atoms. The number of hydrogen-bond acceptors (Lipinski definition) is 5. The van der Waals surface area contributed by atoms with Crippen LogP contribution >= 0.6 is 0 Å². The maximum Gasteiger partial charge on any atom is 0.541 e. The summed E-state index contributed by atoms with van der Waals surface area (Å²) in [6.07, 6.45) is 3.23. The van der Waals surface area contributed by atoms with Gasteiger partial charge in [0.05, 0.1) is 25.4 Å². The minimum absolute atomic E-state index is 0.0446. The van der Waals surface area contributed by atoms with Crippen molar-refractivity contribution in [3.63, 3.8) is 0 Å². The van der Waals surface area contributed by atoms with E-state index in [1.165, 1.54) is 6.08 Å². The Bertz CT molecular complexity index is 529. The van der Waals surface area contributed by atoms with Crippen molar-refractivity contribution in [2.75, 3.05) is 39.0 Å². The quantitative estimate of drug-likeness (QED) is 0.243. The summed E-state index contributed by atoms with van der Waals surface area (Å²) in [6, 6.07) is 0. The standard InChI is InChI=1S/C22H42NO5Si/c1-8-22(24)25-16-29-26-10-9-23(13-19(6)7,14-20(27-29)11-17(2)3)15-21(28-29)12-18(4)5/h8,17-21H,1,9-16H2,2-7H3/q+1. The van der Waals surface area contributed by atoms with E-state index in [0.717, 1.165) is 43.5 Å². The summed E-state index contributed by atoms with van der Waals surface area (Å²) < 4.78 is 26.0. The zero-order valence-electron chi connectivity index (χ0n) is 19.3. The smallest absolute Gasteiger partial charge is 0.458 e. The molecule has 0 amide bonds. The number of hydrogen-bond donors (Lipinski definition) is 0. The number of quaternary nitrogens is 1. The molecule has 0 aromatic heterocycles. The minimum Gasteiger partial charge on any atom is -0.458 e. The molecular formula is C22H42NO5Si+. The van der Waals surface area contributed by atoms with Gasteiger partial charge in [-0.2, -0.15) is 0 Å². The van der Waals surface area contributed by atoms with Crippen LogP contribution in [0.2, 0.25) is 0 Å². The lowest BCUT2D eigenvalue weighted by Gasteiger charge is -2.51. The van der Waals surface area contributed by atoms with Crippen LogP contribution in [0.15, 0.2) is 12.7 Å². The van der Waals surface area contributed by atoms with E-state index in [1.807, 2.05) is 0 Å². The molecule has 0 saturated carbocycles. The van der Waals surface area contributed by atoms with Crippen molar-refractivity contribution in [3.05, 3.63) is 12.7 Å². The van der Waals surface area contributed by atoms with Crippen LogP contribution in [0.1, 0.15) is 54.4 Å². The predicted octanol–water partition coefficient (Wildman–Crippen LogP) is 3.57. The number of esters is 1. The SMILES string of the molecule is C=CC(=O)OC[Si]12OCC[N+](CC(C)C)(CC(CC(C)C)O1)CC(CC(C)C)O2. The first kappa shape index (κ1) is 24.5. The van der Waals surface area contributed by atoms with Gasteiger partial charge in [-0.3, -0.25) is 0 Å². The molecule has 7 heteroatoms. The molecule has 0 N–H and O–H groups in total. The Morgan fingerprint density at radius 3 is 2.07 bits per heavy atom. The Morgan fingerprint density at radius 2 is 1.62 bits per heavy atom. The van der Waals surface area contributed by atoms with Gasteiger partial charge in [0.15, 0.2) is 6.23 Å². The molecule has 0 aliphatic carbocycles. The lowest BCUT2D eigenvalue weighted by molar-refractivity contribution is -0.938. The highest BCUT2D eigenvalue weighted by Gasteiger charge is 2.54. The van der Waals surface area contributed by atoms with E-state index >= 15 is 0 Å². The molecule has 2 bridgehead atoms. The third-order valence-corrected chi connectivity index (χ3v) is 8.07. The molecule has 3 aliphatic rings. The van der Waals surface area contributed by atoms with Gasteiger partial charge in [0.25, 0.3) is 0 Å². The lowest BCUT2D eigenvalue weighted by atomic mass is 10.0. The third kappa shape index (κ3) is 7.47. The maximum absolute atomic E-state index is 11.8. The Morgan fingerprint density at radius 1 is 1.07 bits per heavy atom. The predicted molar refractivity (Wildman–Crippen MR) is 116 cm³/mol. The number of nitrogens with zero attached hydrogens (tertiary/aromatic N) is 1. The lowest BCUT2D eigenvalue weighted by Crippen LogP contribution is -2.69. The number of carbonyl (C=O) groups excluding carboxylic acids is 1. The van der Waals surface area contributed by atoms with Crippen molar-refractivity contribution in [2.24, 2.45) is 17.8 Å². The Balaban J connectivity index is 2.37.